The number of thiazole rings is 1. The van der Waals surface area contributed by atoms with Crippen LogP contribution in [0, 0.1) is 10.1 Å². The third-order valence-corrected chi connectivity index (χ3v) is 5.36. The van der Waals surface area contributed by atoms with Crippen molar-refractivity contribution in [3.05, 3.63) is 91.5 Å². The first-order valence-electron chi connectivity index (χ1n) is 8.57. The number of hydrogen-bond donors (Lipinski definition) is 1. The molecule has 0 radical (unpaired) electrons. The number of amides is 1. The summed E-state index contributed by atoms with van der Waals surface area (Å²) in [7, 11) is 0. The topological polar surface area (TPSA) is 120 Å². The van der Waals surface area contributed by atoms with Gasteiger partial charge in [-0.05, 0) is 47.2 Å². The Labute approximate surface area is 177 Å². The van der Waals surface area contributed by atoms with Gasteiger partial charge in [0.05, 0.1) is 11.5 Å². The molecule has 3 heterocycles. The summed E-state index contributed by atoms with van der Waals surface area (Å²) in [6.45, 7) is 0.188. The second-order valence-electron chi connectivity index (χ2n) is 6.21. The average molecular weight is 442 g/mol. The number of nitrogens with zero attached hydrogens (tertiary/aromatic N) is 4. The molecule has 3 aromatic heterocycles. The van der Waals surface area contributed by atoms with Gasteiger partial charge in [0.15, 0.2) is 5.13 Å². The molecule has 30 heavy (non-hydrogen) atoms. The number of nitro groups is 1. The monoisotopic (exact) mass is 441 g/mol. The first-order valence-corrected chi connectivity index (χ1v) is 9.76. The average Bonchev–Trinajstić information content (AvgIpc) is 3.20. The lowest BCUT2D eigenvalue weighted by molar-refractivity contribution is -0.380. The standard InChI is InChI=1S/C19H12ClN5O4S/c20-13-5-3-11(4-6-13)10-24-16-12(2-1-7-21-16)8-14(18(24)27)17(26)23-19-22-9-15(30-19)25(28)29/h1-9H,10H2,(H,22,23,26). The van der Waals surface area contributed by atoms with E-state index < -0.39 is 16.4 Å². The summed E-state index contributed by atoms with van der Waals surface area (Å²) in [5.41, 5.74) is 0.572. The number of carbonyl (C=O) groups excluding carboxylic acids is 1. The summed E-state index contributed by atoms with van der Waals surface area (Å²) < 4.78 is 1.40. The van der Waals surface area contributed by atoms with Crippen LogP contribution in [0.25, 0.3) is 11.0 Å². The smallest absolute Gasteiger partial charge is 0.297 e. The van der Waals surface area contributed by atoms with Gasteiger partial charge < -0.3 is 0 Å². The summed E-state index contributed by atoms with van der Waals surface area (Å²) >= 11 is 6.63. The van der Waals surface area contributed by atoms with Crippen LogP contribution in [0.1, 0.15) is 15.9 Å². The van der Waals surface area contributed by atoms with E-state index in [1.807, 2.05) is 0 Å². The van der Waals surface area contributed by atoms with Crippen LogP contribution in [0.15, 0.2) is 59.7 Å². The number of benzene rings is 1. The number of nitrogens with one attached hydrogen (secondary N) is 1. The fraction of sp³-hybridized carbons (Fsp3) is 0.0526. The fourth-order valence-corrected chi connectivity index (χ4v) is 3.61. The molecule has 0 saturated heterocycles. The van der Waals surface area contributed by atoms with Crippen molar-refractivity contribution in [2.45, 2.75) is 6.54 Å². The Kier molecular flexibility index (Phi) is 5.25. The van der Waals surface area contributed by atoms with E-state index in [1.165, 1.54) is 10.6 Å². The lowest BCUT2D eigenvalue weighted by Gasteiger charge is -2.12. The number of halogens is 1. The van der Waals surface area contributed by atoms with Crippen LogP contribution in [-0.2, 0) is 6.54 Å². The molecule has 1 N–H and O–H groups in total. The van der Waals surface area contributed by atoms with Gasteiger partial charge in [0, 0.05) is 16.6 Å². The van der Waals surface area contributed by atoms with Crippen LogP contribution in [0.5, 0.6) is 0 Å². The fourth-order valence-electron chi connectivity index (χ4n) is 2.86. The molecule has 1 aromatic carbocycles. The van der Waals surface area contributed by atoms with E-state index in [-0.39, 0.29) is 22.2 Å². The highest BCUT2D eigenvalue weighted by molar-refractivity contribution is 7.18. The molecule has 1 amide bonds. The largest absolute Gasteiger partial charge is 0.345 e. The van der Waals surface area contributed by atoms with Gasteiger partial charge in [-0.1, -0.05) is 23.7 Å². The number of aromatic nitrogens is 3. The molecular weight excluding hydrogens is 430 g/mol. The van der Waals surface area contributed by atoms with E-state index in [4.69, 9.17) is 11.6 Å². The van der Waals surface area contributed by atoms with E-state index in [1.54, 1.807) is 42.6 Å². The zero-order valence-corrected chi connectivity index (χ0v) is 16.7. The minimum absolute atomic E-state index is 0.0293. The Morgan fingerprint density at radius 1 is 1.23 bits per heavy atom. The third-order valence-electron chi connectivity index (χ3n) is 4.24. The number of carbonyl (C=O) groups is 1. The van der Waals surface area contributed by atoms with Crippen molar-refractivity contribution in [2.24, 2.45) is 0 Å². The van der Waals surface area contributed by atoms with Crippen LogP contribution < -0.4 is 10.9 Å². The second-order valence-corrected chi connectivity index (χ2v) is 7.65. The van der Waals surface area contributed by atoms with Gasteiger partial charge in [-0.3, -0.25) is 29.6 Å². The summed E-state index contributed by atoms with van der Waals surface area (Å²) in [5, 5.41) is 14.2. The van der Waals surface area contributed by atoms with E-state index in [9.17, 15) is 19.7 Å². The summed E-state index contributed by atoms with van der Waals surface area (Å²) in [5.74, 6) is -0.708. The van der Waals surface area contributed by atoms with Crippen molar-refractivity contribution in [3.63, 3.8) is 0 Å². The second kappa shape index (κ2) is 8.01. The molecule has 0 atom stereocenters. The molecule has 4 aromatic rings. The van der Waals surface area contributed by atoms with Crippen molar-refractivity contribution in [1.29, 1.82) is 0 Å². The zero-order valence-electron chi connectivity index (χ0n) is 15.1. The first-order chi connectivity index (χ1) is 14.4. The lowest BCUT2D eigenvalue weighted by Crippen LogP contribution is -2.30. The van der Waals surface area contributed by atoms with Gasteiger partial charge in [-0.2, -0.15) is 0 Å². The Balaban J connectivity index is 1.75. The van der Waals surface area contributed by atoms with Crippen molar-refractivity contribution in [2.75, 3.05) is 5.32 Å². The first kappa shape index (κ1) is 19.7. The van der Waals surface area contributed by atoms with E-state index in [0.29, 0.717) is 27.4 Å². The van der Waals surface area contributed by atoms with Crippen LogP contribution in [-0.4, -0.2) is 25.4 Å². The Hall–Kier alpha value is -3.63. The predicted octanol–water partition coefficient (Wildman–Crippen LogP) is 3.72. The number of anilines is 1. The Morgan fingerprint density at radius 3 is 2.70 bits per heavy atom. The van der Waals surface area contributed by atoms with Gasteiger partial charge in [0.2, 0.25) is 0 Å². The van der Waals surface area contributed by atoms with Gasteiger partial charge in [-0.25, -0.2) is 9.97 Å². The highest BCUT2D eigenvalue weighted by Crippen LogP contribution is 2.25. The molecule has 0 bridgehead atoms. The number of pyridine rings is 2. The lowest BCUT2D eigenvalue weighted by atomic mass is 10.1. The van der Waals surface area contributed by atoms with Gasteiger partial charge in [-0.15, -0.1) is 0 Å². The van der Waals surface area contributed by atoms with E-state index in [2.05, 4.69) is 15.3 Å². The van der Waals surface area contributed by atoms with E-state index in [0.717, 1.165) is 11.8 Å². The minimum atomic E-state index is -0.708. The minimum Gasteiger partial charge on any atom is -0.297 e. The third kappa shape index (κ3) is 3.91. The molecule has 0 spiro atoms. The number of rotatable bonds is 5. The Bertz CT molecular complexity index is 1330. The SMILES string of the molecule is O=C(Nc1ncc([N+](=O)[O-])s1)c1cc2cccnc2n(Cc2ccc(Cl)cc2)c1=O. The maximum atomic E-state index is 13.1. The molecule has 0 aliphatic carbocycles. The van der Waals surface area contributed by atoms with Gasteiger partial charge in [0.25, 0.3) is 11.5 Å². The van der Waals surface area contributed by atoms with Crippen molar-refractivity contribution in [1.82, 2.24) is 14.5 Å². The molecule has 9 nitrogen and oxygen atoms in total. The molecule has 0 saturated carbocycles. The summed E-state index contributed by atoms with van der Waals surface area (Å²) in [6, 6.07) is 11.9. The van der Waals surface area contributed by atoms with Crippen LogP contribution >= 0.6 is 22.9 Å². The molecule has 150 valence electrons. The Morgan fingerprint density at radius 2 is 2.00 bits per heavy atom. The van der Waals surface area contributed by atoms with Crippen molar-refractivity contribution >= 4 is 50.0 Å². The van der Waals surface area contributed by atoms with Crippen LogP contribution in [0.4, 0.5) is 10.1 Å². The van der Waals surface area contributed by atoms with Gasteiger partial charge >= 0.3 is 5.00 Å². The maximum Gasteiger partial charge on any atom is 0.345 e. The number of hydrogen-bond acceptors (Lipinski definition) is 7. The molecule has 0 aliphatic rings. The van der Waals surface area contributed by atoms with Crippen molar-refractivity contribution < 1.29 is 9.72 Å². The van der Waals surface area contributed by atoms with Gasteiger partial charge in [0.1, 0.15) is 17.4 Å². The van der Waals surface area contributed by atoms with Crippen molar-refractivity contribution in [3.8, 4) is 0 Å². The summed E-state index contributed by atoms with van der Waals surface area (Å²) in [6.07, 6.45) is 2.61. The summed E-state index contributed by atoms with van der Waals surface area (Å²) in [4.78, 5) is 44.1. The normalized spacial score (nSPS) is 10.8. The molecule has 0 unspecified atom stereocenters. The maximum absolute atomic E-state index is 13.1. The molecule has 4 rings (SSSR count). The van der Waals surface area contributed by atoms with Crippen LogP contribution in [0.2, 0.25) is 5.02 Å². The molecule has 0 aliphatic heterocycles. The highest BCUT2D eigenvalue weighted by atomic mass is 35.5. The zero-order chi connectivity index (χ0) is 21.3. The highest BCUT2D eigenvalue weighted by Gasteiger charge is 2.19. The molecule has 0 fully saturated rings. The van der Waals surface area contributed by atoms with E-state index >= 15 is 0 Å². The molecular formula is C19H12ClN5O4S. The van der Waals surface area contributed by atoms with Crippen LogP contribution in [0.3, 0.4) is 0 Å². The molecule has 11 heteroatoms. The number of fused-ring (bicyclic) bond motifs is 1. The quantitative estimate of drug-likeness (QED) is 0.372. The predicted molar refractivity (Wildman–Crippen MR) is 113 cm³/mol.